The number of carbonyl (C=O) groups is 2. The quantitative estimate of drug-likeness (QED) is 0.591. The van der Waals surface area contributed by atoms with E-state index in [-0.39, 0.29) is 6.42 Å². The van der Waals surface area contributed by atoms with Gasteiger partial charge in [0, 0.05) is 16.3 Å². The van der Waals surface area contributed by atoms with Crippen molar-refractivity contribution in [1.29, 1.82) is 5.26 Å². The minimum Gasteiger partial charge on any atom is -0.456 e. The zero-order valence-corrected chi connectivity index (χ0v) is 14.3. The van der Waals surface area contributed by atoms with E-state index in [2.05, 4.69) is 5.32 Å². The van der Waals surface area contributed by atoms with Crippen molar-refractivity contribution in [1.82, 2.24) is 0 Å². The van der Waals surface area contributed by atoms with E-state index in [1.807, 2.05) is 6.07 Å². The highest BCUT2D eigenvalue weighted by Crippen LogP contribution is 2.21. The Morgan fingerprint density at radius 1 is 1.12 bits per heavy atom. The molecule has 26 heavy (non-hydrogen) atoms. The fraction of sp³-hybridized carbons (Fsp3) is 0.167. The zero-order chi connectivity index (χ0) is 18.9. The molecule has 134 valence electrons. The summed E-state index contributed by atoms with van der Waals surface area (Å²) in [6.07, 6.45) is 0.0216. The molecular formula is C18H14F2N2O3S. The lowest BCUT2D eigenvalue weighted by molar-refractivity contribution is -0.146. The first-order valence-corrected chi connectivity index (χ1v) is 8.50. The molecule has 0 aliphatic heterocycles. The molecule has 2 aromatic carbocycles. The molecule has 2 aromatic rings. The molecule has 1 amide bonds. The average molecular weight is 376 g/mol. The van der Waals surface area contributed by atoms with Gasteiger partial charge in [0.15, 0.2) is 18.2 Å². The first-order valence-electron chi connectivity index (χ1n) is 7.51. The van der Waals surface area contributed by atoms with Crippen molar-refractivity contribution in [2.45, 2.75) is 11.3 Å². The van der Waals surface area contributed by atoms with Crippen LogP contribution in [0.25, 0.3) is 0 Å². The number of esters is 1. The topological polar surface area (TPSA) is 79.2 Å². The summed E-state index contributed by atoms with van der Waals surface area (Å²) < 4.78 is 30.7. The molecule has 0 bridgehead atoms. The molecule has 1 N–H and O–H groups in total. The largest absolute Gasteiger partial charge is 0.456 e. The van der Waals surface area contributed by atoms with Gasteiger partial charge in [0.1, 0.15) is 0 Å². The predicted molar refractivity (Wildman–Crippen MR) is 92.4 cm³/mol. The monoisotopic (exact) mass is 376 g/mol. The van der Waals surface area contributed by atoms with Crippen LogP contribution in [0.15, 0.2) is 47.4 Å². The van der Waals surface area contributed by atoms with Crippen molar-refractivity contribution in [2.24, 2.45) is 0 Å². The predicted octanol–water partition coefficient (Wildman–Crippen LogP) is 3.50. The number of nitrogens with one attached hydrogen (secondary N) is 1. The molecule has 0 aliphatic carbocycles. The number of ether oxygens (including phenoxy) is 1. The maximum absolute atomic E-state index is 13.1. The van der Waals surface area contributed by atoms with Crippen LogP contribution in [0.2, 0.25) is 0 Å². The van der Waals surface area contributed by atoms with Gasteiger partial charge in [-0.15, -0.1) is 11.8 Å². The first kappa shape index (κ1) is 19.4. The number of anilines is 1. The second-order valence-electron chi connectivity index (χ2n) is 5.07. The molecule has 0 fully saturated rings. The van der Waals surface area contributed by atoms with Crippen molar-refractivity contribution in [3.63, 3.8) is 0 Å². The van der Waals surface area contributed by atoms with Gasteiger partial charge in [-0.3, -0.25) is 9.59 Å². The summed E-state index contributed by atoms with van der Waals surface area (Å²) in [5, 5.41) is 11.2. The highest BCUT2D eigenvalue weighted by Gasteiger charge is 2.09. The number of amides is 1. The molecule has 0 saturated heterocycles. The number of nitrogens with zero attached hydrogens (tertiary/aromatic N) is 1. The Bertz CT molecular complexity index is 835. The van der Waals surface area contributed by atoms with Crippen molar-refractivity contribution in [3.8, 4) is 6.07 Å². The van der Waals surface area contributed by atoms with Crippen molar-refractivity contribution in [3.05, 3.63) is 59.7 Å². The number of carbonyl (C=O) groups excluding carboxylic acids is 2. The lowest BCUT2D eigenvalue weighted by Crippen LogP contribution is -2.21. The summed E-state index contributed by atoms with van der Waals surface area (Å²) in [4.78, 5) is 23.8. The van der Waals surface area contributed by atoms with Gasteiger partial charge in [-0.1, -0.05) is 0 Å². The molecule has 0 heterocycles. The zero-order valence-electron chi connectivity index (χ0n) is 13.5. The summed E-state index contributed by atoms with van der Waals surface area (Å²) in [6.45, 7) is -0.436. The van der Waals surface area contributed by atoms with Gasteiger partial charge in [0.2, 0.25) is 0 Å². The summed E-state index contributed by atoms with van der Waals surface area (Å²) in [5.41, 5.74) is 0.951. The Morgan fingerprint density at radius 3 is 2.50 bits per heavy atom. The second kappa shape index (κ2) is 9.53. The minimum atomic E-state index is -0.947. The molecule has 2 rings (SSSR count). The van der Waals surface area contributed by atoms with E-state index in [1.165, 1.54) is 17.8 Å². The van der Waals surface area contributed by atoms with Crippen LogP contribution in [0.4, 0.5) is 14.5 Å². The summed E-state index contributed by atoms with van der Waals surface area (Å²) in [7, 11) is 0. The minimum absolute atomic E-state index is 0.0216. The molecular weight excluding hydrogens is 362 g/mol. The third-order valence-electron chi connectivity index (χ3n) is 3.13. The Labute approximate surface area is 153 Å². The van der Waals surface area contributed by atoms with Crippen LogP contribution in [0, 0.1) is 23.0 Å². The normalized spacial score (nSPS) is 10.0. The van der Waals surface area contributed by atoms with Gasteiger partial charge in [-0.2, -0.15) is 5.26 Å². The van der Waals surface area contributed by atoms with Crippen LogP contribution < -0.4 is 5.32 Å². The molecule has 0 saturated carbocycles. The van der Waals surface area contributed by atoms with Gasteiger partial charge in [0.05, 0.1) is 18.1 Å². The van der Waals surface area contributed by atoms with Crippen molar-refractivity contribution >= 4 is 29.3 Å². The van der Waals surface area contributed by atoms with Crippen LogP contribution in [-0.2, 0) is 14.3 Å². The molecule has 0 unspecified atom stereocenters. The van der Waals surface area contributed by atoms with Gasteiger partial charge in [-0.25, -0.2) is 8.78 Å². The lowest BCUT2D eigenvalue weighted by atomic mass is 10.2. The Balaban J connectivity index is 1.68. The van der Waals surface area contributed by atoms with E-state index in [1.54, 1.807) is 24.3 Å². The fourth-order valence-corrected chi connectivity index (χ4v) is 2.72. The SMILES string of the molecule is N#Cc1ccc(NC(=O)COC(=O)CCSc2ccc(F)c(F)c2)cc1. The average Bonchev–Trinajstić information content (AvgIpc) is 2.63. The van der Waals surface area contributed by atoms with Gasteiger partial charge in [-0.05, 0) is 42.5 Å². The maximum atomic E-state index is 13.1. The number of halogens is 2. The number of benzene rings is 2. The molecule has 0 atom stereocenters. The number of hydrogen-bond acceptors (Lipinski definition) is 5. The van der Waals surface area contributed by atoms with Crippen LogP contribution >= 0.6 is 11.8 Å². The Kier molecular flexibility index (Phi) is 7.12. The molecule has 0 aromatic heterocycles. The molecule has 0 spiro atoms. The second-order valence-corrected chi connectivity index (χ2v) is 6.24. The Hall–Kier alpha value is -2.92. The van der Waals surface area contributed by atoms with E-state index < -0.39 is 30.1 Å². The molecule has 0 aliphatic rings. The first-order chi connectivity index (χ1) is 12.5. The highest BCUT2D eigenvalue weighted by atomic mass is 32.2. The molecule has 5 nitrogen and oxygen atoms in total. The summed E-state index contributed by atoms with van der Waals surface area (Å²) in [6, 6.07) is 11.7. The van der Waals surface area contributed by atoms with Crippen molar-refractivity contribution in [2.75, 3.05) is 17.7 Å². The van der Waals surface area contributed by atoms with E-state index in [4.69, 9.17) is 10.00 Å². The summed E-state index contributed by atoms with van der Waals surface area (Å²) >= 11 is 1.18. The lowest BCUT2D eigenvalue weighted by Gasteiger charge is -2.07. The highest BCUT2D eigenvalue weighted by molar-refractivity contribution is 7.99. The van der Waals surface area contributed by atoms with Gasteiger partial charge < -0.3 is 10.1 Å². The third kappa shape index (κ3) is 6.18. The van der Waals surface area contributed by atoms with Gasteiger partial charge >= 0.3 is 5.97 Å². The number of rotatable bonds is 7. The van der Waals surface area contributed by atoms with Crippen molar-refractivity contribution < 1.29 is 23.1 Å². The summed E-state index contributed by atoms with van der Waals surface area (Å²) in [5.74, 6) is -2.65. The Morgan fingerprint density at radius 2 is 1.85 bits per heavy atom. The standard InChI is InChI=1S/C18H14F2N2O3S/c19-15-6-5-14(9-16(15)20)26-8-7-18(24)25-11-17(23)22-13-3-1-12(10-21)2-4-13/h1-6,9H,7-8,11H2,(H,22,23). The van der Waals surface area contributed by atoms with Crippen LogP contribution in [0.3, 0.4) is 0 Å². The van der Waals surface area contributed by atoms with Crippen LogP contribution in [0.1, 0.15) is 12.0 Å². The number of hydrogen-bond donors (Lipinski definition) is 1. The van der Waals surface area contributed by atoms with E-state index >= 15 is 0 Å². The van der Waals surface area contributed by atoms with Gasteiger partial charge in [0.25, 0.3) is 5.91 Å². The number of thioether (sulfide) groups is 1. The molecule has 0 radical (unpaired) electrons. The van der Waals surface area contributed by atoms with Crippen LogP contribution in [0.5, 0.6) is 0 Å². The number of nitriles is 1. The molecule has 8 heteroatoms. The maximum Gasteiger partial charge on any atom is 0.307 e. The van der Waals surface area contributed by atoms with E-state index in [0.29, 0.717) is 21.9 Å². The smallest absolute Gasteiger partial charge is 0.307 e. The third-order valence-corrected chi connectivity index (χ3v) is 4.12. The van der Waals surface area contributed by atoms with Crippen LogP contribution in [-0.4, -0.2) is 24.2 Å². The van der Waals surface area contributed by atoms with E-state index in [9.17, 15) is 18.4 Å². The van der Waals surface area contributed by atoms with E-state index in [0.717, 1.165) is 12.1 Å². The fourth-order valence-electron chi connectivity index (χ4n) is 1.86.